The zero-order chi connectivity index (χ0) is 24.6. The monoisotopic (exact) mass is 506 g/mol. The van der Waals surface area contributed by atoms with Crippen LogP contribution in [0.5, 0.6) is 5.75 Å². The van der Waals surface area contributed by atoms with Gasteiger partial charge in [-0.1, -0.05) is 12.1 Å². The number of pyridine rings is 2. The third-order valence-electron chi connectivity index (χ3n) is 7.06. The number of nitrogens with zero attached hydrogens (tertiary/aromatic N) is 4. The molecule has 1 aliphatic heterocycles. The lowest BCUT2D eigenvalue weighted by molar-refractivity contribution is 0.237. The summed E-state index contributed by atoms with van der Waals surface area (Å²) in [6.45, 7) is 3.99. The summed E-state index contributed by atoms with van der Waals surface area (Å²) >= 11 is 1.73. The molecule has 1 saturated heterocycles. The second-order valence-electron chi connectivity index (χ2n) is 9.42. The first-order chi connectivity index (χ1) is 18.3. The van der Waals surface area contributed by atoms with Crippen LogP contribution >= 0.6 is 11.3 Å². The molecule has 0 atom stereocenters. The summed E-state index contributed by atoms with van der Waals surface area (Å²) in [6, 6.07) is 16.8. The van der Waals surface area contributed by atoms with Crippen LogP contribution in [0.1, 0.15) is 12.8 Å². The minimum atomic E-state index is 0.678. The van der Waals surface area contributed by atoms with Crippen molar-refractivity contribution in [1.82, 2.24) is 30.0 Å². The number of rotatable bonds is 7. The van der Waals surface area contributed by atoms with Gasteiger partial charge in [0.15, 0.2) is 0 Å². The van der Waals surface area contributed by atoms with Gasteiger partial charge < -0.3 is 9.72 Å². The number of aromatic nitrogens is 5. The summed E-state index contributed by atoms with van der Waals surface area (Å²) < 4.78 is 6.04. The first kappa shape index (κ1) is 22.2. The lowest BCUT2D eigenvalue weighted by Crippen LogP contribution is -2.25. The van der Waals surface area contributed by atoms with Crippen LogP contribution in [0.15, 0.2) is 72.5 Å². The molecule has 7 rings (SSSR count). The lowest BCUT2D eigenvalue weighted by Gasteiger charge is -2.15. The van der Waals surface area contributed by atoms with Crippen LogP contribution in [0, 0.1) is 0 Å². The van der Waals surface area contributed by atoms with Crippen molar-refractivity contribution in [2.75, 3.05) is 26.2 Å². The van der Waals surface area contributed by atoms with Crippen LogP contribution in [0.3, 0.4) is 0 Å². The maximum atomic E-state index is 6.04. The molecule has 1 aliphatic rings. The first-order valence-electron chi connectivity index (χ1n) is 12.6. The average Bonchev–Trinajstić information content (AvgIpc) is 3.74. The minimum absolute atomic E-state index is 0.678. The molecule has 2 N–H and O–H groups in total. The van der Waals surface area contributed by atoms with E-state index in [1.54, 1.807) is 17.5 Å². The van der Waals surface area contributed by atoms with Gasteiger partial charge in [-0.25, -0.2) is 4.98 Å². The third kappa shape index (κ3) is 4.28. The van der Waals surface area contributed by atoms with Crippen molar-refractivity contribution in [1.29, 1.82) is 0 Å². The van der Waals surface area contributed by atoms with Gasteiger partial charge in [-0.2, -0.15) is 5.10 Å². The fourth-order valence-electron chi connectivity index (χ4n) is 5.15. The second kappa shape index (κ2) is 9.46. The molecular formula is C29H26N6OS. The van der Waals surface area contributed by atoms with Crippen LogP contribution in [0.25, 0.3) is 54.9 Å². The topological polar surface area (TPSA) is 82.7 Å². The van der Waals surface area contributed by atoms with Gasteiger partial charge in [-0.15, -0.1) is 11.3 Å². The van der Waals surface area contributed by atoms with Gasteiger partial charge in [0.1, 0.15) is 23.7 Å². The molecule has 37 heavy (non-hydrogen) atoms. The number of H-pyrrole nitrogens is 2. The molecule has 0 radical (unpaired) electrons. The molecular weight excluding hydrogens is 480 g/mol. The Morgan fingerprint density at radius 3 is 2.81 bits per heavy atom. The predicted octanol–water partition coefficient (Wildman–Crippen LogP) is 6.37. The van der Waals surface area contributed by atoms with Crippen molar-refractivity contribution in [3.05, 3.63) is 72.5 Å². The van der Waals surface area contributed by atoms with E-state index in [1.807, 2.05) is 12.4 Å². The van der Waals surface area contributed by atoms with E-state index in [0.29, 0.717) is 6.61 Å². The normalized spacial score (nSPS) is 14.2. The summed E-state index contributed by atoms with van der Waals surface area (Å²) in [5.74, 6) is 0.798. The Hall–Kier alpha value is -4.01. The first-order valence-corrected chi connectivity index (χ1v) is 13.5. The number of likely N-dealkylation sites (tertiary alicyclic amines) is 1. The third-order valence-corrected chi connectivity index (χ3v) is 7.96. The number of hydrogen-bond donors (Lipinski definition) is 2. The highest BCUT2D eigenvalue weighted by Gasteiger charge is 2.16. The maximum absolute atomic E-state index is 6.04. The zero-order valence-electron chi connectivity index (χ0n) is 20.3. The molecule has 1 aromatic carbocycles. The van der Waals surface area contributed by atoms with Crippen LogP contribution in [-0.2, 0) is 0 Å². The van der Waals surface area contributed by atoms with Crippen molar-refractivity contribution in [2.24, 2.45) is 0 Å². The van der Waals surface area contributed by atoms with Gasteiger partial charge in [0.2, 0.25) is 0 Å². The van der Waals surface area contributed by atoms with Gasteiger partial charge in [0.05, 0.1) is 17.4 Å². The van der Waals surface area contributed by atoms with Gasteiger partial charge in [-0.3, -0.25) is 15.0 Å². The van der Waals surface area contributed by atoms with Crippen LogP contribution in [0.4, 0.5) is 0 Å². The Labute approximate surface area is 218 Å². The Morgan fingerprint density at radius 2 is 1.92 bits per heavy atom. The molecule has 8 heteroatoms. The molecule has 0 amide bonds. The fraction of sp³-hybridized carbons (Fsp3) is 0.207. The Kier molecular flexibility index (Phi) is 5.68. The highest BCUT2D eigenvalue weighted by atomic mass is 32.1. The molecule has 1 fully saturated rings. The summed E-state index contributed by atoms with van der Waals surface area (Å²) in [6.07, 6.45) is 8.11. The molecule has 184 valence electrons. The van der Waals surface area contributed by atoms with Gasteiger partial charge >= 0.3 is 0 Å². The number of benzene rings is 1. The molecule has 0 aliphatic carbocycles. The number of fused-ring (bicyclic) bond motifs is 2. The zero-order valence-corrected chi connectivity index (χ0v) is 21.1. The lowest BCUT2D eigenvalue weighted by atomic mass is 10.0. The number of aromatic amines is 2. The van der Waals surface area contributed by atoms with Gasteiger partial charge in [0, 0.05) is 45.7 Å². The van der Waals surface area contributed by atoms with E-state index in [1.165, 1.54) is 36.4 Å². The molecule has 6 aromatic rings. The molecule has 0 saturated carbocycles. The number of nitrogens with one attached hydrogen (secondary N) is 2. The largest absolute Gasteiger partial charge is 0.491 e. The highest BCUT2D eigenvalue weighted by Crippen LogP contribution is 2.36. The number of thiophene rings is 1. The van der Waals surface area contributed by atoms with Gasteiger partial charge in [-0.05, 0) is 73.3 Å². The Balaban J connectivity index is 1.20. The fourth-order valence-corrected chi connectivity index (χ4v) is 5.92. The molecule has 0 spiro atoms. The van der Waals surface area contributed by atoms with Crippen molar-refractivity contribution in [2.45, 2.75) is 12.8 Å². The van der Waals surface area contributed by atoms with E-state index in [2.05, 4.69) is 84.0 Å². The molecule has 5 aromatic heterocycles. The van der Waals surface area contributed by atoms with E-state index < -0.39 is 0 Å². The van der Waals surface area contributed by atoms with E-state index >= 15 is 0 Å². The number of ether oxygens (including phenoxy) is 1. The Morgan fingerprint density at radius 1 is 0.973 bits per heavy atom. The van der Waals surface area contributed by atoms with E-state index in [4.69, 9.17) is 4.74 Å². The summed E-state index contributed by atoms with van der Waals surface area (Å²) in [4.78, 5) is 16.2. The van der Waals surface area contributed by atoms with Crippen LogP contribution < -0.4 is 4.74 Å². The smallest absolute Gasteiger partial charge is 0.138 e. The predicted molar refractivity (Wildman–Crippen MR) is 149 cm³/mol. The summed E-state index contributed by atoms with van der Waals surface area (Å²) in [5.41, 5.74) is 6.92. The Bertz CT molecular complexity index is 1680. The van der Waals surface area contributed by atoms with E-state index in [0.717, 1.165) is 56.7 Å². The quantitative estimate of drug-likeness (QED) is 0.263. The molecule has 6 heterocycles. The van der Waals surface area contributed by atoms with E-state index in [9.17, 15) is 0 Å². The van der Waals surface area contributed by atoms with Crippen molar-refractivity contribution < 1.29 is 4.74 Å². The maximum Gasteiger partial charge on any atom is 0.138 e. The van der Waals surface area contributed by atoms with Crippen molar-refractivity contribution >= 4 is 33.3 Å². The van der Waals surface area contributed by atoms with Gasteiger partial charge in [0.25, 0.3) is 0 Å². The molecule has 0 bridgehead atoms. The SMILES string of the molecule is c1csc(-c2ccnc3[nH]c(-c4n[nH]c5ccc(-c6cncc(OCCN7CCCC7)c6)cc45)cc23)c1. The van der Waals surface area contributed by atoms with Crippen molar-refractivity contribution in [3.63, 3.8) is 0 Å². The minimum Gasteiger partial charge on any atom is -0.491 e. The summed E-state index contributed by atoms with van der Waals surface area (Å²) in [7, 11) is 0. The summed E-state index contributed by atoms with van der Waals surface area (Å²) in [5, 5.41) is 12.1. The second-order valence-corrected chi connectivity index (χ2v) is 10.4. The standard InChI is InChI=1S/C29H26N6OS/c1-2-10-35(9-1)11-12-36-21-14-20(17-30-18-21)19-5-6-25-24(15-19)28(34-33-25)26-16-23-22(27-4-3-13-37-27)7-8-31-29(23)32-26/h3-8,13-18H,1-2,9-12H2,(H,31,32)(H,33,34). The average molecular weight is 507 g/mol. The van der Waals surface area contributed by atoms with Crippen molar-refractivity contribution in [3.8, 4) is 38.7 Å². The number of hydrogen-bond acceptors (Lipinski definition) is 6. The van der Waals surface area contributed by atoms with Crippen LogP contribution in [-0.4, -0.2) is 56.3 Å². The van der Waals surface area contributed by atoms with E-state index in [-0.39, 0.29) is 0 Å². The molecule has 0 unspecified atom stereocenters. The molecule has 7 nitrogen and oxygen atoms in total. The highest BCUT2D eigenvalue weighted by molar-refractivity contribution is 7.13. The van der Waals surface area contributed by atoms with Crippen LogP contribution in [0.2, 0.25) is 0 Å².